The number of alkyl halides is 1. The summed E-state index contributed by atoms with van der Waals surface area (Å²) in [6.45, 7) is 2.75. The Hall–Kier alpha value is -1.55. The summed E-state index contributed by atoms with van der Waals surface area (Å²) in [6.07, 6.45) is 2.68. The Bertz CT molecular complexity index is 531. The lowest BCUT2D eigenvalue weighted by atomic mass is 10.3. The topological polar surface area (TPSA) is 31.4 Å². The number of nitrogens with zero attached hydrogens (tertiary/aromatic N) is 1. The summed E-state index contributed by atoms with van der Waals surface area (Å²) in [5.41, 5.74) is 1.01. The van der Waals surface area contributed by atoms with E-state index in [-0.39, 0.29) is 0 Å². The van der Waals surface area contributed by atoms with Gasteiger partial charge in [-0.25, -0.2) is 4.98 Å². The molecule has 0 aliphatic carbocycles. The Morgan fingerprint density at radius 2 is 1.89 bits per heavy atom. The largest absolute Gasteiger partial charge is 0.490 e. The van der Waals surface area contributed by atoms with Crippen molar-refractivity contribution in [2.45, 2.75) is 18.7 Å². The van der Waals surface area contributed by atoms with E-state index in [1.165, 1.54) is 0 Å². The Labute approximate surface area is 121 Å². The van der Waals surface area contributed by atoms with E-state index in [0.717, 1.165) is 17.7 Å². The molecule has 0 saturated carbocycles. The van der Waals surface area contributed by atoms with Gasteiger partial charge >= 0.3 is 0 Å². The Morgan fingerprint density at radius 3 is 2.63 bits per heavy atom. The van der Waals surface area contributed by atoms with E-state index in [0.29, 0.717) is 23.6 Å². The average Bonchev–Trinajstić information content (AvgIpc) is 2.47. The van der Waals surface area contributed by atoms with Crippen molar-refractivity contribution in [2.24, 2.45) is 0 Å². The van der Waals surface area contributed by atoms with Crippen LogP contribution >= 0.6 is 15.9 Å². The molecule has 0 fully saturated rings. The molecule has 0 bridgehead atoms. The molecule has 0 atom stereocenters. The summed E-state index contributed by atoms with van der Waals surface area (Å²) in [5, 5.41) is 0.703. The molecule has 1 aromatic carbocycles. The number of rotatable bonds is 6. The lowest BCUT2D eigenvalue weighted by Gasteiger charge is -2.12. The maximum Gasteiger partial charge on any atom is 0.223 e. The van der Waals surface area contributed by atoms with Crippen LogP contribution in [-0.2, 0) is 5.33 Å². The molecule has 19 heavy (non-hydrogen) atoms. The monoisotopic (exact) mass is 321 g/mol. The fraction of sp³-hybridized carbons (Fsp3) is 0.267. The van der Waals surface area contributed by atoms with Gasteiger partial charge in [-0.1, -0.05) is 41.1 Å². The molecule has 1 heterocycles. The molecular formula is C15H16BrNO2. The van der Waals surface area contributed by atoms with Crippen molar-refractivity contribution in [3.63, 3.8) is 0 Å². The van der Waals surface area contributed by atoms with Crippen LogP contribution < -0.4 is 9.47 Å². The number of benzene rings is 1. The van der Waals surface area contributed by atoms with Gasteiger partial charge in [-0.3, -0.25) is 0 Å². The van der Waals surface area contributed by atoms with Crippen molar-refractivity contribution in [1.29, 1.82) is 0 Å². The highest BCUT2D eigenvalue weighted by Crippen LogP contribution is 2.32. The van der Waals surface area contributed by atoms with Gasteiger partial charge in [0, 0.05) is 17.1 Å². The van der Waals surface area contributed by atoms with Crippen molar-refractivity contribution in [2.75, 3.05) is 6.61 Å². The summed E-state index contributed by atoms with van der Waals surface area (Å²) in [4.78, 5) is 4.26. The van der Waals surface area contributed by atoms with E-state index >= 15 is 0 Å². The third-order valence-electron chi connectivity index (χ3n) is 2.51. The zero-order valence-electron chi connectivity index (χ0n) is 10.8. The van der Waals surface area contributed by atoms with Gasteiger partial charge < -0.3 is 9.47 Å². The minimum atomic E-state index is 0.604. The van der Waals surface area contributed by atoms with Crippen molar-refractivity contribution >= 4 is 15.9 Å². The number of pyridine rings is 1. The zero-order chi connectivity index (χ0) is 13.5. The first-order chi connectivity index (χ1) is 9.35. The van der Waals surface area contributed by atoms with Crippen LogP contribution in [0.1, 0.15) is 18.9 Å². The molecule has 2 aromatic rings. The number of hydrogen-bond donors (Lipinski definition) is 0. The lowest BCUT2D eigenvalue weighted by Crippen LogP contribution is -1.98. The molecular weight excluding hydrogens is 306 g/mol. The summed E-state index contributed by atoms with van der Waals surface area (Å²) < 4.78 is 11.5. The minimum absolute atomic E-state index is 0.604. The van der Waals surface area contributed by atoms with Crippen molar-refractivity contribution < 1.29 is 9.47 Å². The molecule has 0 N–H and O–H groups in total. The van der Waals surface area contributed by atoms with Gasteiger partial charge in [-0.05, 0) is 24.6 Å². The van der Waals surface area contributed by atoms with Gasteiger partial charge in [0.15, 0.2) is 11.5 Å². The summed E-state index contributed by atoms with van der Waals surface area (Å²) >= 11 is 3.43. The van der Waals surface area contributed by atoms with E-state index in [9.17, 15) is 0 Å². The van der Waals surface area contributed by atoms with Crippen LogP contribution in [0.3, 0.4) is 0 Å². The van der Waals surface area contributed by atoms with Crippen LogP contribution in [0.4, 0.5) is 0 Å². The first kappa shape index (κ1) is 13.9. The second kappa shape index (κ2) is 7.14. The average molecular weight is 322 g/mol. The molecule has 1 aromatic heterocycles. The fourth-order valence-electron chi connectivity index (χ4n) is 1.59. The highest BCUT2D eigenvalue weighted by atomic mass is 79.9. The number of aromatic nitrogens is 1. The van der Waals surface area contributed by atoms with E-state index in [1.54, 1.807) is 6.20 Å². The molecule has 4 heteroatoms. The molecule has 0 unspecified atom stereocenters. The van der Waals surface area contributed by atoms with Crippen LogP contribution in [0.5, 0.6) is 17.4 Å². The Kier molecular flexibility index (Phi) is 5.21. The van der Waals surface area contributed by atoms with Gasteiger partial charge in [-0.15, -0.1) is 0 Å². The van der Waals surface area contributed by atoms with E-state index in [4.69, 9.17) is 9.47 Å². The van der Waals surface area contributed by atoms with Gasteiger partial charge in [-0.2, -0.15) is 0 Å². The van der Waals surface area contributed by atoms with Crippen LogP contribution in [0.15, 0.2) is 42.6 Å². The molecule has 100 valence electrons. The normalized spacial score (nSPS) is 10.2. The molecule has 0 saturated heterocycles. The van der Waals surface area contributed by atoms with Gasteiger partial charge in [0.05, 0.1) is 6.61 Å². The van der Waals surface area contributed by atoms with Crippen molar-refractivity contribution in [3.05, 3.63) is 48.2 Å². The first-order valence-corrected chi connectivity index (χ1v) is 7.36. The third-order valence-corrected chi connectivity index (χ3v) is 3.12. The van der Waals surface area contributed by atoms with Crippen LogP contribution in [0, 0.1) is 0 Å². The standard InChI is InChI=1S/C15H16BrNO2/c1-2-10-18-13-7-3-4-8-14(13)19-15-12(11-16)6-5-9-17-15/h3-9H,2,10-11H2,1H3. The fourth-order valence-corrected chi connectivity index (χ4v) is 2.01. The smallest absolute Gasteiger partial charge is 0.223 e. The number of ether oxygens (including phenoxy) is 2. The lowest BCUT2D eigenvalue weighted by molar-refractivity contribution is 0.300. The first-order valence-electron chi connectivity index (χ1n) is 6.24. The van der Waals surface area contributed by atoms with Crippen LogP contribution in [-0.4, -0.2) is 11.6 Å². The second-order valence-electron chi connectivity index (χ2n) is 4.00. The summed E-state index contributed by atoms with van der Waals surface area (Å²) in [5.74, 6) is 2.04. The minimum Gasteiger partial charge on any atom is -0.490 e. The molecule has 2 rings (SSSR count). The molecule has 0 aliphatic rings. The van der Waals surface area contributed by atoms with Gasteiger partial charge in [0.2, 0.25) is 5.88 Å². The summed E-state index contributed by atoms with van der Waals surface area (Å²) in [6, 6.07) is 11.5. The highest BCUT2D eigenvalue weighted by Gasteiger charge is 2.09. The maximum atomic E-state index is 5.86. The highest BCUT2D eigenvalue weighted by molar-refractivity contribution is 9.08. The molecule has 3 nitrogen and oxygen atoms in total. The molecule has 0 spiro atoms. The number of hydrogen-bond acceptors (Lipinski definition) is 3. The third kappa shape index (κ3) is 3.70. The van der Waals surface area contributed by atoms with E-state index in [1.807, 2.05) is 36.4 Å². The van der Waals surface area contributed by atoms with E-state index < -0.39 is 0 Å². The van der Waals surface area contributed by atoms with Crippen molar-refractivity contribution in [1.82, 2.24) is 4.98 Å². The maximum absolute atomic E-state index is 5.86. The van der Waals surface area contributed by atoms with Crippen LogP contribution in [0.2, 0.25) is 0 Å². The van der Waals surface area contributed by atoms with Crippen molar-refractivity contribution in [3.8, 4) is 17.4 Å². The zero-order valence-corrected chi connectivity index (χ0v) is 12.4. The number of para-hydroxylation sites is 2. The quantitative estimate of drug-likeness (QED) is 0.731. The Balaban J connectivity index is 2.22. The molecule has 0 aliphatic heterocycles. The van der Waals surface area contributed by atoms with Gasteiger partial charge in [0.25, 0.3) is 0 Å². The van der Waals surface area contributed by atoms with Gasteiger partial charge in [0.1, 0.15) is 0 Å². The summed E-state index contributed by atoms with van der Waals surface area (Å²) in [7, 11) is 0. The van der Waals surface area contributed by atoms with E-state index in [2.05, 4.69) is 27.8 Å². The molecule has 0 amide bonds. The molecule has 0 radical (unpaired) electrons. The number of halogens is 1. The Morgan fingerprint density at radius 1 is 1.11 bits per heavy atom. The SMILES string of the molecule is CCCOc1ccccc1Oc1ncccc1CBr. The van der Waals surface area contributed by atoms with Crippen LogP contribution in [0.25, 0.3) is 0 Å². The predicted octanol–water partition coefficient (Wildman–Crippen LogP) is 4.56. The predicted molar refractivity (Wildman–Crippen MR) is 79.2 cm³/mol. The second-order valence-corrected chi connectivity index (χ2v) is 4.56.